The second kappa shape index (κ2) is 11.1. The van der Waals surface area contributed by atoms with Crippen LogP contribution in [-0.2, 0) is 20.2 Å². The summed E-state index contributed by atoms with van der Waals surface area (Å²) in [6.45, 7) is 5.55. The Morgan fingerprint density at radius 3 is 1.88 bits per heavy atom. The average molecular weight is 621 g/mol. The van der Waals surface area contributed by atoms with Crippen molar-refractivity contribution in [1.29, 1.82) is 0 Å². The van der Waals surface area contributed by atoms with Gasteiger partial charge in [0.1, 0.15) is 21.6 Å². The lowest BCUT2D eigenvalue weighted by molar-refractivity contribution is 0.481. The Morgan fingerprint density at radius 2 is 1.26 bits per heavy atom. The van der Waals surface area contributed by atoms with Gasteiger partial charge < -0.3 is 5.73 Å². The SMILES string of the molecule is Cc1cc(/N=N\c2ccc(/N=N\c3cc4nn(-c5ccc(S(=O)(=O)O)cc5)nc4cc3S(=O)(=O)O)c(C)c2)c(C)cc1N. The number of aryl methyl sites for hydroxylation is 3. The quantitative estimate of drug-likeness (QED) is 0.106. The van der Waals surface area contributed by atoms with Crippen molar-refractivity contribution in [3.63, 3.8) is 0 Å². The van der Waals surface area contributed by atoms with Crippen LogP contribution in [0.2, 0.25) is 0 Å². The maximum atomic E-state index is 12.2. The Labute approximate surface area is 246 Å². The van der Waals surface area contributed by atoms with E-state index in [2.05, 4.69) is 30.7 Å². The van der Waals surface area contributed by atoms with Crippen molar-refractivity contribution in [1.82, 2.24) is 15.0 Å². The molecule has 0 radical (unpaired) electrons. The lowest BCUT2D eigenvalue weighted by atomic mass is 10.1. The lowest BCUT2D eigenvalue weighted by Crippen LogP contribution is -2.01. The summed E-state index contributed by atoms with van der Waals surface area (Å²) in [6.07, 6.45) is 0. The van der Waals surface area contributed by atoms with Gasteiger partial charge in [0.15, 0.2) is 0 Å². The highest BCUT2D eigenvalue weighted by Gasteiger charge is 2.20. The van der Waals surface area contributed by atoms with E-state index in [-0.39, 0.29) is 21.6 Å². The summed E-state index contributed by atoms with van der Waals surface area (Å²) in [5.74, 6) is 0. The summed E-state index contributed by atoms with van der Waals surface area (Å²) in [5, 5.41) is 25.4. The monoisotopic (exact) mass is 620 g/mol. The van der Waals surface area contributed by atoms with Gasteiger partial charge >= 0.3 is 0 Å². The maximum Gasteiger partial charge on any atom is 0.296 e. The molecule has 0 saturated heterocycles. The van der Waals surface area contributed by atoms with Gasteiger partial charge in [0.05, 0.1) is 27.6 Å². The molecule has 0 amide bonds. The van der Waals surface area contributed by atoms with Gasteiger partial charge in [0, 0.05) is 5.69 Å². The van der Waals surface area contributed by atoms with E-state index >= 15 is 0 Å². The highest BCUT2D eigenvalue weighted by atomic mass is 32.2. The van der Waals surface area contributed by atoms with Crippen molar-refractivity contribution in [3.05, 3.63) is 83.4 Å². The molecule has 5 rings (SSSR count). The predicted molar refractivity (Wildman–Crippen MR) is 158 cm³/mol. The Balaban J connectivity index is 1.45. The summed E-state index contributed by atoms with van der Waals surface area (Å²) in [5.41, 5.74) is 11.2. The molecule has 4 aromatic carbocycles. The van der Waals surface area contributed by atoms with Gasteiger partial charge in [0.25, 0.3) is 20.2 Å². The summed E-state index contributed by atoms with van der Waals surface area (Å²) < 4.78 is 66.0. The number of rotatable bonds is 7. The largest absolute Gasteiger partial charge is 0.399 e. The normalized spacial score (nSPS) is 12.6. The molecule has 0 aliphatic carbocycles. The van der Waals surface area contributed by atoms with E-state index in [1.54, 1.807) is 25.1 Å². The molecule has 0 saturated carbocycles. The van der Waals surface area contributed by atoms with Crippen LogP contribution in [0.25, 0.3) is 16.7 Å². The fraction of sp³-hybridized carbons (Fsp3) is 0.111. The zero-order valence-electron chi connectivity index (χ0n) is 22.9. The number of benzene rings is 4. The number of fused-ring (bicyclic) bond motifs is 1. The van der Waals surface area contributed by atoms with E-state index < -0.39 is 25.1 Å². The number of hydrogen-bond donors (Lipinski definition) is 3. The minimum Gasteiger partial charge on any atom is -0.399 e. The number of aromatic nitrogens is 3. The van der Waals surface area contributed by atoms with Crippen molar-refractivity contribution in [3.8, 4) is 5.69 Å². The third-order valence-electron chi connectivity index (χ3n) is 6.41. The topological polar surface area (TPSA) is 215 Å². The van der Waals surface area contributed by atoms with Gasteiger partial charge in [0.2, 0.25) is 0 Å². The Kier molecular flexibility index (Phi) is 7.61. The summed E-state index contributed by atoms with van der Waals surface area (Å²) >= 11 is 0. The number of hydrogen-bond acceptors (Lipinski definition) is 11. The summed E-state index contributed by atoms with van der Waals surface area (Å²) in [7, 11) is -9.12. The predicted octanol–water partition coefficient (Wildman–Crippen LogP) is 6.25. The molecular weight excluding hydrogens is 596 g/mol. The van der Waals surface area contributed by atoms with Crippen molar-refractivity contribution in [2.45, 2.75) is 30.6 Å². The molecule has 0 aliphatic heterocycles. The minimum absolute atomic E-state index is 0.114. The first kappa shape index (κ1) is 29.6. The highest BCUT2D eigenvalue weighted by molar-refractivity contribution is 7.86. The Bertz CT molecular complexity index is 2180. The van der Waals surface area contributed by atoms with Gasteiger partial charge in [-0.3, -0.25) is 9.11 Å². The van der Waals surface area contributed by atoms with Gasteiger partial charge in [-0.15, -0.1) is 15.3 Å². The van der Waals surface area contributed by atoms with Crippen LogP contribution in [0, 0.1) is 20.8 Å². The van der Waals surface area contributed by atoms with Crippen LogP contribution in [-0.4, -0.2) is 40.9 Å². The smallest absolute Gasteiger partial charge is 0.296 e. The Hall–Kier alpha value is -4.90. The van der Waals surface area contributed by atoms with Crippen LogP contribution in [0.15, 0.2) is 97.0 Å². The number of nitrogen functional groups attached to an aromatic ring is 1. The van der Waals surface area contributed by atoms with Crippen molar-refractivity contribution >= 4 is 59.7 Å². The molecule has 0 bridgehead atoms. The van der Waals surface area contributed by atoms with E-state index in [0.717, 1.165) is 34.1 Å². The number of azo groups is 2. The van der Waals surface area contributed by atoms with Crippen molar-refractivity contribution in [2.24, 2.45) is 20.5 Å². The third-order valence-corrected chi connectivity index (χ3v) is 8.16. The van der Waals surface area contributed by atoms with Gasteiger partial charge in [-0.25, -0.2) is 0 Å². The third kappa shape index (κ3) is 6.46. The lowest BCUT2D eigenvalue weighted by Gasteiger charge is -2.05. The molecule has 0 atom stereocenters. The molecule has 5 aromatic rings. The standard InChI is InChI=1S/C27H24N8O6S2/c1-15-12-23(17(3)11-21(15)28)31-29-18-4-9-22(16(2)10-18)30-32-26-13-24-25(14-27(26)43(39,40)41)34-35(33-24)19-5-7-20(8-6-19)42(36,37)38/h4-14H,28H2,1-3H3,(H,36,37,38)(H,39,40,41)/b31-29-,32-30-. The zero-order valence-corrected chi connectivity index (χ0v) is 24.5. The van der Waals surface area contributed by atoms with E-state index in [0.29, 0.717) is 34.0 Å². The van der Waals surface area contributed by atoms with Gasteiger partial charge in [-0.05, 0) is 104 Å². The van der Waals surface area contributed by atoms with Crippen molar-refractivity contribution < 1.29 is 25.9 Å². The summed E-state index contributed by atoms with van der Waals surface area (Å²) in [6, 6.07) is 16.2. The average Bonchev–Trinajstić information content (AvgIpc) is 3.35. The minimum atomic E-state index is -4.73. The maximum absolute atomic E-state index is 12.2. The molecular formula is C27H24N8O6S2. The van der Waals surface area contributed by atoms with Gasteiger partial charge in [-0.2, -0.15) is 37.0 Å². The fourth-order valence-corrected chi connectivity index (χ4v) is 5.15. The summed E-state index contributed by atoms with van der Waals surface area (Å²) in [4.78, 5) is 0.287. The van der Waals surface area contributed by atoms with E-state index in [1.165, 1.54) is 18.2 Å². The van der Waals surface area contributed by atoms with Crippen LogP contribution >= 0.6 is 0 Å². The van der Waals surface area contributed by atoms with Crippen LogP contribution in [0.4, 0.5) is 28.4 Å². The van der Waals surface area contributed by atoms with E-state index in [1.807, 2.05) is 26.0 Å². The number of nitrogens with zero attached hydrogens (tertiary/aromatic N) is 7. The molecule has 1 heterocycles. The molecule has 16 heteroatoms. The second-order valence-electron chi connectivity index (χ2n) is 9.61. The van der Waals surface area contributed by atoms with E-state index in [4.69, 9.17) is 5.73 Å². The van der Waals surface area contributed by atoms with Crippen molar-refractivity contribution in [2.75, 3.05) is 5.73 Å². The molecule has 220 valence electrons. The number of anilines is 1. The first-order valence-corrected chi connectivity index (χ1v) is 15.3. The van der Waals surface area contributed by atoms with Crippen LogP contribution in [0.1, 0.15) is 16.7 Å². The molecule has 0 aliphatic rings. The zero-order chi connectivity index (χ0) is 31.1. The molecule has 4 N–H and O–H groups in total. The van der Waals surface area contributed by atoms with Crippen LogP contribution < -0.4 is 5.73 Å². The first-order valence-electron chi connectivity index (χ1n) is 12.5. The number of nitrogens with two attached hydrogens (primary N) is 1. The molecule has 1 aromatic heterocycles. The molecule has 0 unspecified atom stereocenters. The van der Waals surface area contributed by atoms with Gasteiger partial charge in [-0.1, -0.05) is 0 Å². The first-order chi connectivity index (χ1) is 20.2. The van der Waals surface area contributed by atoms with E-state index in [9.17, 15) is 25.9 Å². The van der Waals surface area contributed by atoms with Crippen LogP contribution in [0.3, 0.4) is 0 Å². The van der Waals surface area contributed by atoms with Crippen LogP contribution in [0.5, 0.6) is 0 Å². The second-order valence-corrected chi connectivity index (χ2v) is 12.4. The molecule has 0 spiro atoms. The highest BCUT2D eigenvalue weighted by Crippen LogP contribution is 2.33. The Morgan fingerprint density at radius 1 is 0.651 bits per heavy atom. The molecule has 0 fully saturated rings. The molecule has 43 heavy (non-hydrogen) atoms. The fourth-order valence-electron chi connectivity index (χ4n) is 4.05. The molecule has 14 nitrogen and oxygen atoms in total.